The van der Waals surface area contributed by atoms with Crippen molar-refractivity contribution >= 4 is 51.3 Å². The molecule has 0 saturated carbocycles. The molecule has 0 fully saturated rings. The second-order valence-corrected chi connectivity index (χ2v) is 13.0. The molecule has 0 aliphatic carbocycles. The van der Waals surface area contributed by atoms with Gasteiger partial charge < -0.3 is 51.3 Å². The molecule has 0 bridgehead atoms. The Bertz CT molecular complexity index is 1740. The van der Waals surface area contributed by atoms with Crippen molar-refractivity contribution in [1.82, 2.24) is 19.6 Å². The zero-order valence-electron chi connectivity index (χ0n) is 25.0. The van der Waals surface area contributed by atoms with Crippen LogP contribution in [0.5, 0.6) is 0 Å². The summed E-state index contributed by atoms with van der Waals surface area (Å²) in [6.07, 6.45) is 16.4. The zero-order chi connectivity index (χ0) is 29.2. The Morgan fingerprint density at radius 2 is 0.822 bits per heavy atom. The van der Waals surface area contributed by atoms with E-state index < -0.39 is 7.53 Å². The van der Waals surface area contributed by atoms with Gasteiger partial charge in [-0.3, -0.25) is 0 Å². The van der Waals surface area contributed by atoms with E-state index in [-0.39, 0.29) is 40.8 Å². The van der Waals surface area contributed by atoms with Gasteiger partial charge in [-0.2, -0.15) is 69.2 Å². The predicted molar refractivity (Wildman–Crippen MR) is 176 cm³/mol. The summed E-state index contributed by atoms with van der Waals surface area (Å²) in [6.45, 7) is 8.25. The van der Waals surface area contributed by atoms with Gasteiger partial charge in [-0.05, 0) is 77.8 Å². The summed E-state index contributed by atoms with van der Waals surface area (Å²) in [6, 6.07) is 26.1. The van der Waals surface area contributed by atoms with E-state index in [1.54, 1.807) is 0 Å². The maximum absolute atomic E-state index is 3.83. The molecule has 11 heteroatoms. The van der Waals surface area contributed by atoms with Crippen LogP contribution in [0.15, 0.2) is 79.9 Å². The minimum Gasteiger partial charge on any atom is -0.520 e. The largest absolute Gasteiger partial charge is 0.520 e. The van der Waals surface area contributed by atoms with E-state index in [0.29, 0.717) is 0 Å². The molecule has 0 saturated heterocycles. The van der Waals surface area contributed by atoms with Crippen molar-refractivity contribution < 1.29 is 40.8 Å². The van der Waals surface area contributed by atoms with Crippen LogP contribution in [0.1, 0.15) is 0 Å². The molecule has 238 valence electrons. The average molecular weight is 793 g/mol. The first-order valence-electron chi connectivity index (χ1n) is 14.0. The van der Waals surface area contributed by atoms with Crippen molar-refractivity contribution in [1.29, 1.82) is 0 Å². The van der Waals surface area contributed by atoms with Gasteiger partial charge in [0.05, 0.1) is 0 Å². The summed E-state index contributed by atoms with van der Waals surface area (Å²) in [5.41, 5.74) is 3.92. The van der Waals surface area contributed by atoms with Crippen LogP contribution in [0.25, 0.3) is 26.3 Å². The van der Waals surface area contributed by atoms with Gasteiger partial charge in [0.1, 0.15) is 0 Å². The number of hydrogen-bond acceptors (Lipinski definition) is 8. The van der Waals surface area contributed by atoms with Gasteiger partial charge in [-0.15, -0.1) is 33.7 Å². The molecular weight excluding hydrogens is 764 g/mol. The van der Waals surface area contributed by atoms with Crippen molar-refractivity contribution in [2.45, 2.75) is 0 Å². The van der Waals surface area contributed by atoms with Gasteiger partial charge in [0.25, 0.3) is 0 Å². The number of nitrogens with zero attached hydrogens (tertiary/aromatic N) is 8. The van der Waals surface area contributed by atoms with Gasteiger partial charge in [0, 0.05) is 40.8 Å². The van der Waals surface area contributed by atoms with E-state index in [9.17, 15) is 0 Å². The average Bonchev–Trinajstić information content (AvgIpc) is 3.84. The van der Waals surface area contributed by atoms with Crippen LogP contribution in [0, 0.1) is 50.9 Å². The molecule has 8 nitrogen and oxygen atoms in total. The Balaban J connectivity index is 0.00000179. The topological polar surface area (TPSA) is 25.9 Å². The third kappa shape index (κ3) is 5.76. The molecule has 0 radical (unpaired) electrons. The van der Waals surface area contributed by atoms with Crippen molar-refractivity contribution in [2.24, 2.45) is 0 Å². The van der Waals surface area contributed by atoms with Crippen LogP contribution in [-0.4, -0.2) is 47.8 Å². The van der Waals surface area contributed by atoms with Crippen molar-refractivity contribution in [3.63, 3.8) is 0 Å². The molecule has 0 N–H and O–H groups in total. The molecule has 45 heavy (non-hydrogen) atoms. The number of fused-ring (bicyclic) bond motifs is 3. The Morgan fingerprint density at radius 3 is 1.16 bits per heavy atom. The number of hydrogen-bond donors (Lipinski definition) is 0. The van der Waals surface area contributed by atoms with Crippen LogP contribution >= 0.6 is 7.53 Å². The number of benzene rings is 3. The van der Waals surface area contributed by atoms with Gasteiger partial charge in [0.2, 0.25) is 0 Å². The first kappa shape index (κ1) is 31.6. The summed E-state index contributed by atoms with van der Waals surface area (Å²) >= 11 is 0. The normalized spacial score (nSPS) is 17.2. The molecule has 3 aromatic carbocycles. The molecule has 0 amide bonds. The van der Waals surface area contributed by atoms with Crippen molar-refractivity contribution in [3.05, 3.63) is 131 Å². The van der Waals surface area contributed by atoms with E-state index >= 15 is 0 Å². The first-order chi connectivity index (χ1) is 20.9. The number of rotatable bonds is 5. The molecule has 4 aliphatic heterocycles. The summed E-state index contributed by atoms with van der Waals surface area (Å²) in [7, 11) is 7.05. The molecule has 8 rings (SSSR count). The Labute approximate surface area is 294 Å². The van der Waals surface area contributed by atoms with Crippen LogP contribution in [0.4, 0.5) is 22.7 Å². The zero-order valence-corrected chi connectivity index (χ0v) is 29.0. The van der Waals surface area contributed by atoms with Gasteiger partial charge in [0.15, 0.2) is 0 Å². The standard InChI is InChI=1S/C34H29N8P.2Pd/c1-35-9-13-39(22-35)26-5-7-31-32-8-6-27(40-14-10-36(2)23-40)21-34(32)43(33(31)20-26)30-18-28(41-15-11-37(3)24-41)17-29(19-30)42-16-12-38(4)25-42;;/h5-17,22-25H,1-4H3;;/q-8;;. The smallest absolute Gasteiger partial charge is 0 e. The third-order valence-corrected chi connectivity index (χ3v) is 10.0. The third-order valence-electron chi connectivity index (χ3n) is 7.73. The monoisotopic (exact) mass is 792 g/mol. The Kier molecular flexibility index (Phi) is 8.74. The van der Waals surface area contributed by atoms with E-state index in [1.807, 2.05) is 72.6 Å². The summed E-state index contributed by atoms with van der Waals surface area (Å²) in [5.74, 6) is 0. The molecule has 0 unspecified atom stereocenters. The van der Waals surface area contributed by atoms with E-state index in [1.165, 1.54) is 10.8 Å². The maximum atomic E-state index is 3.83. The van der Waals surface area contributed by atoms with E-state index in [0.717, 1.165) is 38.3 Å². The molecule has 4 aromatic rings. The van der Waals surface area contributed by atoms with Gasteiger partial charge in [-0.1, -0.05) is 0 Å². The molecule has 4 aliphatic rings. The minimum atomic E-state index is -1.07. The maximum Gasteiger partial charge on any atom is 0 e. The summed E-state index contributed by atoms with van der Waals surface area (Å²) in [4.78, 5) is 16.6. The minimum absolute atomic E-state index is 0. The molecule has 0 spiro atoms. The van der Waals surface area contributed by atoms with Gasteiger partial charge >= 0.3 is 0 Å². The fraction of sp³-hybridized carbons (Fsp3) is 0.118. The molecular formula is C34H29N8PPd2-8. The van der Waals surface area contributed by atoms with Gasteiger partial charge in [-0.25, -0.2) is 22.7 Å². The number of anilines is 4. The second kappa shape index (κ2) is 12.4. The summed E-state index contributed by atoms with van der Waals surface area (Å²) in [5, 5.41) is 5.72. The van der Waals surface area contributed by atoms with E-state index in [2.05, 4.69) is 126 Å². The second-order valence-electron chi connectivity index (χ2n) is 11.0. The quantitative estimate of drug-likeness (QED) is 0.166. The van der Waals surface area contributed by atoms with Crippen LogP contribution in [0.3, 0.4) is 0 Å². The van der Waals surface area contributed by atoms with Crippen LogP contribution in [-0.2, 0) is 40.8 Å². The molecule has 5 heterocycles. The van der Waals surface area contributed by atoms with Crippen LogP contribution in [0.2, 0.25) is 0 Å². The van der Waals surface area contributed by atoms with Crippen molar-refractivity contribution in [2.75, 3.05) is 47.8 Å². The fourth-order valence-electron chi connectivity index (χ4n) is 5.60. The van der Waals surface area contributed by atoms with Crippen LogP contribution < -0.4 is 19.6 Å². The SMILES string of the molecule is CN1C=CN(c2[c-]c3c(cc2)c2ccc(N4C=CN(C)[CH-]4)[c-]c2p3-c2[c-]c(N3C=CN(C)[CH-]3)cc(N3C=CN(C)[CH-]3)[c-]2)[CH-]1.[Pd].[Pd]. The fourth-order valence-corrected chi connectivity index (χ4v) is 8.05. The molecule has 1 aromatic heterocycles. The van der Waals surface area contributed by atoms with Crippen molar-refractivity contribution in [3.8, 4) is 5.30 Å². The van der Waals surface area contributed by atoms with E-state index in [4.69, 9.17) is 0 Å². The predicted octanol–water partition coefficient (Wildman–Crippen LogP) is 6.53. The Hall–Kier alpha value is -3.36. The summed E-state index contributed by atoms with van der Waals surface area (Å²) < 4.78 is 0. The first-order valence-corrected chi connectivity index (χ1v) is 15.3. The Morgan fingerprint density at radius 1 is 0.467 bits per heavy atom. The molecule has 0 atom stereocenters.